The van der Waals surface area contributed by atoms with Crippen LogP contribution >= 0.6 is 27.7 Å². The number of thioether (sulfide) groups is 1. The van der Waals surface area contributed by atoms with E-state index in [4.69, 9.17) is 0 Å². The van der Waals surface area contributed by atoms with Crippen molar-refractivity contribution in [3.05, 3.63) is 28.7 Å². The highest BCUT2D eigenvalue weighted by molar-refractivity contribution is 9.10. The number of hydrogen-bond acceptors (Lipinski definition) is 2. The van der Waals surface area contributed by atoms with Gasteiger partial charge in [-0.05, 0) is 24.6 Å². The normalized spacial score (nSPS) is 29.9. The van der Waals surface area contributed by atoms with Crippen LogP contribution in [0.3, 0.4) is 0 Å². The predicted molar refractivity (Wildman–Crippen MR) is 66.1 cm³/mol. The molecule has 1 nitrogen and oxygen atoms in total. The van der Waals surface area contributed by atoms with Gasteiger partial charge in [-0.1, -0.05) is 22.0 Å². The Morgan fingerprint density at radius 3 is 2.64 bits per heavy atom. The molecule has 14 heavy (non-hydrogen) atoms. The van der Waals surface area contributed by atoms with Crippen molar-refractivity contribution in [2.75, 3.05) is 18.0 Å². The minimum absolute atomic E-state index is 0.896. The van der Waals surface area contributed by atoms with E-state index in [9.17, 15) is 0 Å². The van der Waals surface area contributed by atoms with E-state index in [2.05, 4.69) is 56.9 Å². The third-order valence-corrected chi connectivity index (χ3v) is 4.88. The molecule has 0 aromatic heterocycles. The summed E-state index contributed by atoms with van der Waals surface area (Å²) in [5, 5.41) is 1.79. The molecule has 1 aromatic rings. The molecule has 2 atom stereocenters. The van der Waals surface area contributed by atoms with Crippen molar-refractivity contribution in [2.45, 2.75) is 16.9 Å². The maximum Gasteiger partial charge on any atom is 0.0378 e. The van der Waals surface area contributed by atoms with Crippen LogP contribution in [0.2, 0.25) is 0 Å². The van der Waals surface area contributed by atoms with E-state index < -0.39 is 0 Å². The molecular weight excluding hydrogens is 258 g/mol. The Morgan fingerprint density at radius 1 is 1.29 bits per heavy atom. The Kier molecular flexibility index (Phi) is 2.25. The highest BCUT2D eigenvalue weighted by Crippen LogP contribution is 2.42. The average molecular weight is 270 g/mol. The summed E-state index contributed by atoms with van der Waals surface area (Å²) in [5.74, 6) is 0. The molecule has 74 valence electrons. The van der Waals surface area contributed by atoms with Crippen LogP contribution in [0.5, 0.6) is 0 Å². The molecule has 3 heteroatoms. The molecule has 1 aromatic carbocycles. The van der Waals surface area contributed by atoms with Gasteiger partial charge in [-0.25, -0.2) is 0 Å². The third kappa shape index (κ3) is 1.57. The molecule has 0 saturated carbocycles. The van der Waals surface area contributed by atoms with Crippen LogP contribution in [0.25, 0.3) is 0 Å². The van der Waals surface area contributed by atoms with Crippen molar-refractivity contribution in [1.82, 2.24) is 0 Å². The molecule has 3 fully saturated rings. The zero-order valence-corrected chi connectivity index (χ0v) is 10.2. The Bertz CT molecular complexity index is 339. The molecule has 0 radical (unpaired) electrons. The van der Waals surface area contributed by atoms with Crippen LogP contribution in [0.1, 0.15) is 6.42 Å². The van der Waals surface area contributed by atoms with E-state index in [-0.39, 0.29) is 0 Å². The highest BCUT2D eigenvalue weighted by atomic mass is 79.9. The van der Waals surface area contributed by atoms with Crippen LogP contribution in [-0.2, 0) is 0 Å². The number of rotatable bonds is 1. The summed E-state index contributed by atoms with van der Waals surface area (Å²) in [6.45, 7) is 2.47. The molecule has 0 N–H and O–H groups in total. The molecule has 2 unspecified atom stereocenters. The summed E-state index contributed by atoms with van der Waals surface area (Å²) in [4.78, 5) is 2.51. The number of halogens is 1. The Hall–Kier alpha value is -0.150. The largest absolute Gasteiger partial charge is 0.369 e. The van der Waals surface area contributed by atoms with Crippen molar-refractivity contribution in [3.63, 3.8) is 0 Å². The van der Waals surface area contributed by atoms with Crippen LogP contribution in [0.4, 0.5) is 5.69 Å². The lowest BCUT2D eigenvalue weighted by atomic mass is 10.1. The summed E-state index contributed by atoms with van der Waals surface area (Å²) in [5.41, 5.74) is 1.37. The van der Waals surface area contributed by atoms with Gasteiger partial charge in [-0.15, -0.1) is 0 Å². The van der Waals surface area contributed by atoms with Crippen LogP contribution in [0.15, 0.2) is 28.7 Å². The van der Waals surface area contributed by atoms with E-state index in [1.807, 2.05) is 0 Å². The van der Waals surface area contributed by atoms with Crippen molar-refractivity contribution < 1.29 is 0 Å². The lowest BCUT2D eigenvalue weighted by Crippen LogP contribution is -2.51. The summed E-state index contributed by atoms with van der Waals surface area (Å²) in [6.07, 6.45) is 1.44. The fraction of sp³-hybridized carbons (Fsp3) is 0.455. The quantitative estimate of drug-likeness (QED) is 0.771. The second-order valence-electron chi connectivity index (χ2n) is 4.00. The van der Waals surface area contributed by atoms with E-state index in [0.29, 0.717) is 0 Å². The summed E-state index contributed by atoms with van der Waals surface area (Å²) in [7, 11) is 0. The average Bonchev–Trinajstić information content (AvgIpc) is 2.17. The van der Waals surface area contributed by atoms with E-state index in [1.54, 1.807) is 0 Å². The molecule has 4 rings (SSSR count). The first-order valence-electron chi connectivity index (χ1n) is 4.97. The van der Waals surface area contributed by atoms with Gasteiger partial charge in [0, 0.05) is 33.7 Å². The summed E-state index contributed by atoms with van der Waals surface area (Å²) in [6, 6.07) is 8.63. The molecule has 3 aliphatic heterocycles. The topological polar surface area (TPSA) is 3.24 Å². The first-order chi connectivity index (χ1) is 6.81. The van der Waals surface area contributed by atoms with Gasteiger partial charge in [0.1, 0.15) is 0 Å². The van der Waals surface area contributed by atoms with Crippen molar-refractivity contribution in [1.29, 1.82) is 0 Å². The number of hydrogen-bond donors (Lipinski definition) is 0. The molecule has 3 heterocycles. The predicted octanol–water partition coefficient (Wildman–Crippen LogP) is 3.14. The van der Waals surface area contributed by atoms with Gasteiger partial charge in [0.05, 0.1) is 0 Å². The number of nitrogens with zero attached hydrogens (tertiary/aromatic N) is 1. The lowest BCUT2D eigenvalue weighted by Gasteiger charge is -2.47. The van der Waals surface area contributed by atoms with Gasteiger partial charge in [-0.3, -0.25) is 0 Å². The van der Waals surface area contributed by atoms with Gasteiger partial charge >= 0.3 is 0 Å². The fourth-order valence-corrected chi connectivity index (χ4v) is 4.03. The van der Waals surface area contributed by atoms with E-state index >= 15 is 0 Å². The van der Waals surface area contributed by atoms with Crippen LogP contribution in [0, 0.1) is 0 Å². The van der Waals surface area contributed by atoms with Crippen LogP contribution < -0.4 is 4.90 Å². The Morgan fingerprint density at radius 2 is 2.00 bits per heavy atom. The second-order valence-corrected chi connectivity index (χ2v) is 6.52. The SMILES string of the molecule is Brc1cccc(N2CC3CC(C2)S3)c1. The number of benzene rings is 1. The lowest BCUT2D eigenvalue weighted by molar-refractivity contribution is 0.558. The maximum absolute atomic E-state index is 3.52. The monoisotopic (exact) mass is 269 g/mol. The third-order valence-electron chi connectivity index (χ3n) is 2.93. The number of anilines is 1. The number of fused-ring (bicyclic) bond motifs is 2. The Balaban J connectivity index is 1.82. The molecular formula is C11H12BrNS. The molecule has 0 spiro atoms. The summed E-state index contributed by atoms with van der Waals surface area (Å²) >= 11 is 5.69. The molecule has 3 saturated heterocycles. The summed E-state index contributed by atoms with van der Waals surface area (Å²) < 4.78 is 1.18. The van der Waals surface area contributed by atoms with Crippen LogP contribution in [-0.4, -0.2) is 23.6 Å². The van der Waals surface area contributed by atoms with E-state index in [0.717, 1.165) is 10.5 Å². The minimum atomic E-state index is 0.896. The van der Waals surface area contributed by atoms with Gasteiger partial charge in [0.25, 0.3) is 0 Å². The standard InChI is InChI=1S/C11H12BrNS/c12-8-2-1-3-9(4-8)13-6-10-5-11(7-13)14-10/h1-4,10-11H,5-7H2. The van der Waals surface area contributed by atoms with Gasteiger partial charge in [0.2, 0.25) is 0 Å². The number of piperidine rings is 1. The molecule has 0 aliphatic carbocycles. The maximum atomic E-state index is 3.52. The van der Waals surface area contributed by atoms with Crippen molar-refractivity contribution in [2.24, 2.45) is 0 Å². The molecule has 2 bridgehead atoms. The molecule has 3 aliphatic rings. The zero-order chi connectivity index (χ0) is 9.54. The molecule has 0 amide bonds. The Labute approximate surface area is 97.0 Å². The fourth-order valence-electron chi connectivity index (χ4n) is 2.24. The highest BCUT2D eigenvalue weighted by Gasteiger charge is 2.37. The van der Waals surface area contributed by atoms with E-state index in [1.165, 1.54) is 29.7 Å². The van der Waals surface area contributed by atoms with Gasteiger partial charge in [-0.2, -0.15) is 11.8 Å². The van der Waals surface area contributed by atoms with Gasteiger partial charge < -0.3 is 4.90 Å². The van der Waals surface area contributed by atoms with Crippen molar-refractivity contribution >= 4 is 33.4 Å². The smallest absolute Gasteiger partial charge is 0.0378 e. The second kappa shape index (κ2) is 3.46. The minimum Gasteiger partial charge on any atom is -0.369 e. The van der Waals surface area contributed by atoms with Gasteiger partial charge in [0.15, 0.2) is 0 Å². The zero-order valence-electron chi connectivity index (χ0n) is 7.82. The van der Waals surface area contributed by atoms with Crippen molar-refractivity contribution in [3.8, 4) is 0 Å². The first kappa shape index (κ1) is 9.10. The first-order valence-corrected chi connectivity index (χ1v) is 6.71.